The Labute approximate surface area is 154 Å². The van der Waals surface area contributed by atoms with Crippen LogP contribution in [0, 0.1) is 0 Å². The molecule has 0 N–H and O–H groups in total. The summed E-state index contributed by atoms with van der Waals surface area (Å²) in [4.78, 5) is 24.6. The Morgan fingerprint density at radius 1 is 0.769 bits per heavy atom. The van der Waals surface area contributed by atoms with E-state index < -0.39 is 24.1 Å². The van der Waals surface area contributed by atoms with Crippen molar-refractivity contribution in [3.05, 3.63) is 83.9 Å². The van der Waals surface area contributed by atoms with E-state index in [1.165, 1.54) is 0 Å². The number of carbonyl (C=O) groups excluding carboxylic acids is 2. The molecule has 136 valence electrons. The molecule has 0 heterocycles. The summed E-state index contributed by atoms with van der Waals surface area (Å²) in [6, 6.07) is 18.8. The van der Waals surface area contributed by atoms with E-state index in [1.807, 2.05) is 74.5 Å². The lowest BCUT2D eigenvalue weighted by Crippen LogP contribution is -2.21. The van der Waals surface area contributed by atoms with Crippen LogP contribution < -0.4 is 0 Å². The van der Waals surface area contributed by atoms with Crippen LogP contribution in [0.1, 0.15) is 50.0 Å². The molecule has 2 aromatic rings. The van der Waals surface area contributed by atoms with Crippen LogP contribution in [-0.4, -0.2) is 11.9 Å². The van der Waals surface area contributed by atoms with Crippen molar-refractivity contribution in [2.45, 2.75) is 38.9 Å². The second-order valence-electron chi connectivity index (χ2n) is 5.90. The van der Waals surface area contributed by atoms with Gasteiger partial charge in [-0.3, -0.25) is 0 Å². The molecule has 2 atom stereocenters. The molecule has 0 spiro atoms. The molecule has 4 heteroatoms. The van der Waals surface area contributed by atoms with Crippen molar-refractivity contribution in [1.82, 2.24) is 0 Å². The van der Waals surface area contributed by atoms with Crippen molar-refractivity contribution in [2.24, 2.45) is 0 Å². The van der Waals surface area contributed by atoms with Gasteiger partial charge in [-0.25, -0.2) is 9.59 Å². The molecular weight excluding hydrogens is 328 g/mol. The lowest BCUT2D eigenvalue weighted by molar-refractivity contribution is -0.153. The third kappa shape index (κ3) is 5.06. The fraction of sp³-hybridized carbons (Fsp3) is 0.273. The van der Waals surface area contributed by atoms with Gasteiger partial charge in [0.15, 0.2) is 0 Å². The number of hydrogen-bond donors (Lipinski definition) is 0. The van der Waals surface area contributed by atoms with E-state index in [1.54, 1.807) is 0 Å². The van der Waals surface area contributed by atoms with E-state index in [-0.39, 0.29) is 5.57 Å². The Bertz CT molecular complexity index is 674. The van der Waals surface area contributed by atoms with Crippen molar-refractivity contribution in [2.75, 3.05) is 0 Å². The maximum absolute atomic E-state index is 12.3. The van der Waals surface area contributed by atoms with Gasteiger partial charge in [0.2, 0.25) is 0 Å². The van der Waals surface area contributed by atoms with Crippen LogP contribution >= 0.6 is 0 Å². The minimum absolute atomic E-state index is 0.297. The Hall–Kier alpha value is -2.88. The van der Waals surface area contributed by atoms with Crippen LogP contribution in [0.5, 0.6) is 0 Å². The zero-order valence-corrected chi connectivity index (χ0v) is 15.2. The number of ether oxygens (including phenoxy) is 2. The first-order valence-corrected chi connectivity index (χ1v) is 8.77. The summed E-state index contributed by atoms with van der Waals surface area (Å²) in [5.74, 6) is -1.51. The Morgan fingerprint density at radius 3 is 1.42 bits per heavy atom. The van der Waals surface area contributed by atoms with Gasteiger partial charge in [-0.2, -0.15) is 0 Å². The van der Waals surface area contributed by atoms with Crippen LogP contribution in [-0.2, 0) is 19.1 Å². The number of rotatable bonds is 8. The normalized spacial score (nSPS) is 12.7. The van der Waals surface area contributed by atoms with Crippen LogP contribution in [0.2, 0.25) is 0 Å². The quantitative estimate of drug-likeness (QED) is 0.292. The van der Waals surface area contributed by atoms with Gasteiger partial charge in [-0.1, -0.05) is 81.1 Å². The van der Waals surface area contributed by atoms with Crippen LogP contribution in [0.25, 0.3) is 0 Å². The van der Waals surface area contributed by atoms with Crippen molar-refractivity contribution < 1.29 is 19.1 Å². The summed E-state index contributed by atoms with van der Waals surface area (Å²) in [5, 5.41) is 0. The summed E-state index contributed by atoms with van der Waals surface area (Å²) in [7, 11) is 0. The molecule has 4 nitrogen and oxygen atoms in total. The molecule has 26 heavy (non-hydrogen) atoms. The molecule has 0 aromatic heterocycles. The smallest absolute Gasteiger partial charge is 0.345 e. The number of carbonyl (C=O) groups is 2. The molecule has 0 aliphatic carbocycles. The molecule has 0 saturated carbocycles. The standard InChI is InChI=1S/C22H24O4/c1-4-19(17-12-8-6-9-13-17)25-21(23)16(3)22(24)26-20(5-2)18-14-10-7-11-15-18/h6-15,19-20H,3-5H2,1-2H3. The summed E-state index contributed by atoms with van der Waals surface area (Å²) < 4.78 is 10.9. The van der Waals surface area contributed by atoms with E-state index in [2.05, 4.69) is 6.58 Å². The molecule has 0 radical (unpaired) electrons. The van der Waals surface area contributed by atoms with Gasteiger partial charge in [0.1, 0.15) is 17.8 Å². The molecular formula is C22H24O4. The largest absolute Gasteiger partial charge is 0.454 e. The van der Waals surface area contributed by atoms with E-state index in [0.29, 0.717) is 12.8 Å². The maximum Gasteiger partial charge on any atom is 0.345 e. The SMILES string of the molecule is C=C(C(=O)OC(CC)c1ccccc1)C(=O)OC(CC)c1ccccc1. The molecule has 2 aromatic carbocycles. The summed E-state index contributed by atoms with van der Waals surface area (Å²) >= 11 is 0. The average molecular weight is 352 g/mol. The van der Waals surface area contributed by atoms with Gasteiger partial charge in [-0.05, 0) is 24.0 Å². The fourth-order valence-electron chi connectivity index (χ4n) is 2.59. The second-order valence-corrected chi connectivity index (χ2v) is 5.90. The summed E-state index contributed by atoms with van der Waals surface area (Å²) in [6.45, 7) is 7.39. The van der Waals surface area contributed by atoms with Crippen LogP contribution in [0.3, 0.4) is 0 Å². The molecule has 0 aliphatic heterocycles. The first-order chi connectivity index (χ1) is 12.6. The molecule has 0 aliphatic rings. The lowest BCUT2D eigenvalue weighted by atomic mass is 10.1. The van der Waals surface area contributed by atoms with E-state index in [9.17, 15) is 9.59 Å². The van der Waals surface area contributed by atoms with Crippen molar-refractivity contribution in [3.63, 3.8) is 0 Å². The van der Waals surface area contributed by atoms with Crippen LogP contribution in [0.15, 0.2) is 72.8 Å². The highest BCUT2D eigenvalue weighted by Gasteiger charge is 2.25. The average Bonchev–Trinajstić information content (AvgIpc) is 2.70. The molecule has 0 saturated heterocycles. The molecule has 0 fully saturated rings. The minimum atomic E-state index is -0.756. The van der Waals surface area contributed by atoms with Crippen molar-refractivity contribution >= 4 is 11.9 Å². The Kier molecular flexibility index (Phi) is 7.15. The summed E-state index contributed by atoms with van der Waals surface area (Å²) in [5.41, 5.74) is 1.45. The maximum atomic E-state index is 12.3. The first-order valence-electron chi connectivity index (χ1n) is 8.77. The minimum Gasteiger partial charge on any atom is -0.454 e. The van der Waals surface area contributed by atoms with Gasteiger partial charge in [0, 0.05) is 0 Å². The van der Waals surface area contributed by atoms with Gasteiger partial charge >= 0.3 is 11.9 Å². The van der Waals surface area contributed by atoms with Crippen molar-refractivity contribution in [3.8, 4) is 0 Å². The zero-order valence-electron chi connectivity index (χ0n) is 15.2. The lowest BCUT2D eigenvalue weighted by Gasteiger charge is -2.19. The molecule has 0 bridgehead atoms. The Morgan fingerprint density at radius 2 is 1.12 bits per heavy atom. The van der Waals surface area contributed by atoms with E-state index in [0.717, 1.165) is 11.1 Å². The second kappa shape index (κ2) is 9.56. The monoisotopic (exact) mass is 352 g/mol. The number of esters is 2. The third-order valence-electron chi connectivity index (χ3n) is 4.08. The predicted molar refractivity (Wildman–Crippen MR) is 100 cm³/mol. The van der Waals surface area contributed by atoms with E-state index in [4.69, 9.17) is 9.47 Å². The highest BCUT2D eigenvalue weighted by Crippen LogP contribution is 2.24. The first kappa shape index (κ1) is 19.4. The highest BCUT2D eigenvalue weighted by molar-refractivity contribution is 6.13. The zero-order chi connectivity index (χ0) is 18.9. The van der Waals surface area contributed by atoms with Gasteiger partial charge in [0.25, 0.3) is 0 Å². The van der Waals surface area contributed by atoms with Gasteiger partial charge in [0.05, 0.1) is 0 Å². The van der Waals surface area contributed by atoms with E-state index >= 15 is 0 Å². The summed E-state index contributed by atoms with van der Waals surface area (Å²) in [6.07, 6.45) is 0.341. The predicted octanol–water partition coefficient (Wildman–Crippen LogP) is 4.93. The van der Waals surface area contributed by atoms with Crippen LogP contribution in [0.4, 0.5) is 0 Å². The van der Waals surface area contributed by atoms with Crippen molar-refractivity contribution in [1.29, 1.82) is 0 Å². The van der Waals surface area contributed by atoms with Gasteiger partial charge < -0.3 is 9.47 Å². The number of hydrogen-bond acceptors (Lipinski definition) is 4. The molecule has 2 unspecified atom stereocenters. The highest BCUT2D eigenvalue weighted by atomic mass is 16.6. The number of benzene rings is 2. The topological polar surface area (TPSA) is 52.6 Å². The Balaban J connectivity index is 2.00. The molecule has 0 amide bonds. The fourth-order valence-corrected chi connectivity index (χ4v) is 2.59. The third-order valence-corrected chi connectivity index (χ3v) is 4.08. The molecule has 2 rings (SSSR count). The van der Waals surface area contributed by atoms with Gasteiger partial charge in [-0.15, -0.1) is 0 Å².